The van der Waals surface area contributed by atoms with Gasteiger partial charge in [-0.3, -0.25) is 9.36 Å². The van der Waals surface area contributed by atoms with Crippen LogP contribution < -0.4 is 10.1 Å². The third-order valence-electron chi connectivity index (χ3n) is 4.47. The number of hydrogen-bond donors (Lipinski definition) is 1. The molecule has 2 heterocycles. The number of nitrogens with one attached hydrogen (secondary N) is 1. The minimum Gasteiger partial charge on any atom is -0.483 e. The van der Waals surface area contributed by atoms with Gasteiger partial charge in [-0.05, 0) is 45.0 Å². The van der Waals surface area contributed by atoms with E-state index in [1.165, 1.54) is 23.1 Å². The molecule has 1 N–H and O–H groups in total. The smallest absolute Gasteiger partial charge is 0.341 e. The number of hydrogen-bond acceptors (Lipinski definition) is 8. The van der Waals surface area contributed by atoms with E-state index in [1.54, 1.807) is 37.3 Å². The Morgan fingerprint density at radius 2 is 2.15 bits per heavy atom. The lowest BCUT2D eigenvalue weighted by Crippen LogP contribution is -2.17. The van der Waals surface area contributed by atoms with Gasteiger partial charge >= 0.3 is 5.97 Å². The van der Waals surface area contributed by atoms with Crippen molar-refractivity contribution < 1.29 is 19.1 Å². The summed E-state index contributed by atoms with van der Waals surface area (Å²) in [5, 5.41) is 12.9. The van der Waals surface area contributed by atoms with Gasteiger partial charge in [-0.2, -0.15) is 0 Å². The second-order valence-corrected chi connectivity index (χ2v) is 9.75. The summed E-state index contributed by atoms with van der Waals surface area (Å²) in [4.78, 5) is 25.7. The Hall–Kier alpha value is -2.82. The van der Waals surface area contributed by atoms with Gasteiger partial charge in [-0.15, -0.1) is 28.1 Å². The highest BCUT2D eigenvalue weighted by Gasteiger charge is 2.21. The molecule has 3 aromatic rings. The lowest BCUT2D eigenvalue weighted by atomic mass is 10.3. The zero-order valence-electron chi connectivity index (χ0n) is 19.0. The van der Waals surface area contributed by atoms with Crippen molar-refractivity contribution in [2.75, 3.05) is 17.7 Å². The van der Waals surface area contributed by atoms with Gasteiger partial charge in [0.05, 0.1) is 17.9 Å². The summed E-state index contributed by atoms with van der Waals surface area (Å²) < 4.78 is 12.9. The number of allylic oxidation sites excluding steroid dienone is 1. The number of amides is 1. The van der Waals surface area contributed by atoms with E-state index in [9.17, 15) is 9.59 Å². The molecule has 2 aromatic heterocycles. The van der Waals surface area contributed by atoms with E-state index in [0.717, 1.165) is 4.88 Å². The van der Waals surface area contributed by atoms with Crippen LogP contribution in [0, 0.1) is 6.92 Å². The van der Waals surface area contributed by atoms with E-state index in [4.69, 9.17) is 21.1 Å². The van der Waals surface area contributed by atoms with Crippen LogP contribution in [0.25, 0.3) is 0 Å². The molecule has 3 rings (SSSR count). The van der Waals surface area contributed by atoms with E-state index in [1.807, 2.05) is 24.5 Å². The first kappa shape index (κ1) is 25.8. The maximum atomic E-state index is 12.6. The molecular formula is C23H25ClN4O4S2. The largest absolute Gasteiger partial charge is 0.483 e. The van der Waals surface area contributed by atoms with Gasteiger partial charge in [0.1, 0.15) is 10.8 Å². The van der Waals surface area contributed by atoms with Gasteiger partial charge in [0.25, 0.3) is 0 Å². The Morgan fingerprint density at radius 3 is 2.85 bits per heavy atom. The zero-order chi connectivity index (χ0) is 24.7. The van der Waals surface area contributed by atoms with Crippen molar-refractivity contribution in [3.63, 3.8) is 0 Å². The van der Waals surface area contributed by atoms with Gasteiger partial charge in [-0.1, -0.05) is 35.5 Å². The normalized spacial score (nSPS) is 11.6. The molecule has 0 aliphatic carbocycles. The number of carbonyl (C=O) groups is 2. The number of ether oxygens (including phenoxy) is 2. The summed E-state index contributed by atoms with van der Waals surface area (Å²) in [6, 6.07) is 8.82. The third kappa shape index (κ3) is 6.62. The average molecular weight is 521 g/mol. The highest BCUT2D eigenvalue weighted by Crippen LogP contribution is 2.29. The van der Waals surface area contributed by atoms with Crippen molar-refractivity contribution in [2.24, 2.45) is 0 Å². The number of benzene rings is 1. The van der Waals surface area contributed by atoms with Gasteiger partial charge in [0, 0.05) is 16.4 Å². The molecule has 1 amide bonds. The summed E-state index contributed by atoms with van der Waals surface area (Å²) in [6.45, 7) is 9.98. The first-order valence-corrected chi connectivity index (χ1v) is 12.7. The first-order chi connectivity index (χ1) is 16.3. The zero-order valence-corrected chi connectivity index (χ0v) is 21.4. The fourth-order valence-corrected chi connectivity index (χ4v) is 4.92. The van der Waals surface area contributed by atoms with Crippen LogP contribution in [0.1, 0.15) is 41.0 Å². The molecule has 0 saturated carbocycles. The summed E-state index contributed by atoms with van der Waals surface area (Å²) in [6.07, 6.45) is 1.32. The molecular weight excluding hydrogens is 496 g/mol. The molecule has 0 spiro atoms. The van der Waals surface area contributed by atoms with Crippen LogP contribution in [-0.4, -0.2) is 39.0 Å². The molecule has 8 nitrogen and oxygen atoms in total. The quantitative estimate of drug-likeness (QED) is 0.201. The molecule has 0 aliphatic heterocycles. The predicted octanol–water partition coefficient (Wildman–Crippen LogP) is 5.53. The van der Waals surface area contributed by atoms with Crippen molar-refractivity contribution in [1.29, 1.82) is 0 Å². The summed E-state index contributed by atoms with van der Waals surface area (Å²) in [5.74, 6) is 0.568. The van der Waals surface area contributed by atoms with E-state index in [-0.39, 0.29) is 18.3 Å². The number of thioether (sulfide) groups is 1. The molecule has 180 valence electrons. The number of esters is 1. The van der Waals surface area contributed by atoms with E-state index in [2.05, 4.69) is 22.1 Å². The molecule has 0 saturated heterocycles. The number of aryl methyl sites for hydroxylation is 1. The summed E-state index contributed by atoms with van der Waals surface area (Å²) in [7, 11) is 0. The van der Waals surface area contributed by atoms with Crippen molar-refractivity contribution in [3.05, 3.63) is 64.3 Å². The van der Waals surface area contributed by atoms with Gasteiger partial charge < -0.3 is 14.8 Å². The van der Waals surface area contributed by atoms with Crippen LogP contribution in [0.5, 0.6) is 5.75 Å². The molecule has 1 unspecified atom stereocenters. The average Bonchev–Trinajstić information content (AvgIpc) is 3.35. The number of anilines is 1. The maximum Gasteiger partial charge on any atom is 0.341 e. The van der Waals surface area contributed by atoms with E-state index in [0.29, 0.717) is 38.9 Å². The Morgan fingerprint density at radius 1 is 1.35 bits per heavy atom. The molecule has 11 heteroatoms. The predicted molar refractivity (Wildman–Crippen MR) is 135 cm³/mol. The highest BCUT2D eigenvalue weighted by molar-refractivity contribution is 7.99. The van der Waals surface area contributed by atoms with Crippen molar-refractivity contribution in [1.82, 2.24) is 14.8 Å². The topological polar surface area (TPSA) is 95.3 Å². The van der Waals surface area contributed by atoms with Crippen molar-refractivity contribution in [2.45, 2.75) is 38.6 Å². The Labute approximate surface area is 211 Å². The number of halogens is 1. The second-order valence-electron chi connectivity index (χ2n) is 7.11. The summed E-state index contributed by atoms with van der Waals surface area (Å²) in [5.41, 5.74) is 0.354. The number of carbonyl (C=O) groups excluding carboxylic acids is 2. The first-order valence-electron chi connectivity index (χ1n) is 10.5. The standard InChI is InChI=1S/C23H25ClN4O4S2/c1-5-10-28-20(15(4)32-17-9-7-8-16(24)12-17)26-27-23(28)33-13-19(29)25-21-18(11-14(3)34-21)22(30)31-6-2/h5,7-9,11-12,15H,1,6,10,13H2,2-4H3,(H,25,29). The number of rotatable bonds is 11. The molecule has 34 heavy (non-hydrogen) atoms. The molecule has 1 atom stereocenters. The Balaban J connectivity index is 1.68. The lowest BCUT2D eigenvalue weighted by molar-refractivity contribution is -0.113. The molecule has 0 bridgehead atoms. The highest BCUT2D eigenvalue weighted by atomic mass is 35.5. The molecule has 0 radical (unpaired) electrons. The fourth-order valence-electron chi connectivity index (χ4n) is 3.07. The second kappa shape index (κ2) is 12.0. The van der Waals surface area contributed by atoms with Crippen LogP contribution in [0.4, 0.5) is 5.00 Å². The molecule has 1 aromatic carbocycles. The van der Waals surface area contributed by atoms with Crippen LogP contribution in [0.2, 0.25) is 5.02 Å². The number of aromatic nitrogens is 3. The van der Waals surface area contributed by atoms with Crippen molar-refractivity contribution in [3.8, 4) is 5.75 Å². The number of thiophene rings is 1. The maximum absolute atomic E-state index is 12.6. The SMILES string of the molecule is C=CCn1c(SCC(=O)Nc2sc(C)cc2C(=O)OCC)nnc1C(C)Oc1cccc(Cl)c1. The van der Waals surface area contributed by atoms with E-state index < -0.39 is 12.1 Å². The Bertz CT molecular complexity index is 1180. The van der Waals surface area contributed by atoms with Crippen LogP contribution in [0.15, 0.2) is 48.1 Å². The minimum atomic E-state index is -0.459. The fraction of sp³-hybridized carbons (Fsp3) is 0.304. The van der Waals surface area contributed by atoms with Gasteiger partial charge in [0.2, 0.25) is 5.91 Å². The lowest BCUT2D eigenvalue weighted by Gasteiger charge is -2.16. The summed E-state index contributed by atoms with van der Waals surface area (Å²) >= 11 is 8.60. The Kier molecular flexibility index (Phi) is 9.14. The van der Waals surface area contributed by atoms with Gasteiger partial charge in [-0.25, -0.2) is 4.79 Å². The van der Waals surface area contributed by atoms with Crippen LogP contribution in [0.3, 0.4) is 0 Å². The number of nitrogens with zero attached hydrogens (tertiary/aromatic N) is 3. The van der Waals surface area contributed by atoms with Crippen LogP contribution >= 0.6 is 34.7 Å². The minimum absolute atomic E-state index is 0.0814. The van der Waals surface area contributed by atoms with Gasteiger partial charge in [0.15, 0.2) is 17.1 Å². The monoisotopic (exact) mass is 520 g/mol. The van der Waals surface area contributed by atoms with Crippen molar-refractivity contribution >= 4 is 51.6 Å². The molecule has 0 aliphatic rings. The molecule has 0 fully saturated rings. The third-order valence-corrected chi connectivity index (χ3v) is 6.63. The van der Waals surface area contributed by atoms with E-state index >= 15 is 0 Å². The van der Waals surface area contributed by atoms with Crippen LogP contribution in [-0.2, 0) is 16.1 Å².